The van der Waals surface area contributed by atoms with Crippen LogP contribution in [0.1, 0.15) is 18.1 Å². The average molecular weight is 416 g/mol. The predicted molar refractivity (Wildman–Crippen MR) is 120 cm³/mol. The average Bonchev–Trinajstić information content (AvgIpc) is 3.23. The molecule has 0 unspecified atom stereocenters. The number of nitrogens with zero attached hydrogens (tertiary/aromatic N) is 3. The summed E-state index contributed by atoms with van der Waals surface area (Å²) in [6, 6.07) is 20.8. The molecule has 1 amide bonds. The number of aromatic nitrogens is 3. The highest BCUT2D eigenvalue weighted by Crippen LogP contribution is 2.25. The third kappa shape index (κ3) is 4.90. The second-order valence-corrected chi connectivity index (χ2v) is 7.14. The topological polar surface area (TPSA) is 89.3 Å². The monoisotopic (exact) mass is 416 g/mol. The van der Waals surface area contributed by atoms with Crippen LogP contribution in [0.3, 0.4) is 0 Å². The van der Waals surface area contributed by atoms with Crippen LogP contribution in [0.4, 0.5) is 5.69 Å². The Morgan fingerprint density at radius 2 is 1.68 bits per heavy atom. The number of benzene rings is 3. The van der Waals surface area contributed by atoms with Crippen LogP contribution in [0.15, 0.2) is 66.7 Å². The summed E-state index contributed by atoms with van der Waals surface area (Å²) in [5, 5.41) is 21.2. The number of aliphatic hydroxyl groups excluding tert-OH is 1. The van der Waals surface area contributed by atoms with Gasteiger partial charge in [0.1, 0.15) is 22.5 Å². The number of anilines is 1. The third-order valence-electron chi connectivity index (χ3n) is 4.93. The molecule has 0 atom stereocenters. The molecule has 7 heteroatoms. The first kappa shape index (κ1) is 20.6. The van der Waals surface area contributed by atoms with Crippen molar-refractivity contribution in [2.45, 2.75) is 19.8 Å². The highest BCUT2D eigenvalue weighted by molar-refractivity contribution is 5.91. The lowest BCUT2D eigenvalue weighted by Gasteiger charge is -2.12. The maximum absolute atomic E-state index is 12.4. The van der Waals surface area contributed by atoms with Crippen molar-refractivity contribution < 1.29 is 14.6 Å². The SMILES string of the molecule is CCc1ccc(NC(=O)COc2ccc(CCO)cc2-n2nc3ccccc3n2)cc1. The number of carbonyl (C=O) groups is 1. The van der Waals surface area contributed by atoms with E-state index in [1.165, 1.54) is 10.4 Å². The van der Waals surface area contributed by atoms with E-state index in [9.17, 15) is 9.90 Å². The number of carbonyl (C=O) groups excluding carboxylic acids is 1. The molecule has 0 aliphatic carbocycles. The molecule has 3 aromatic carbocycles. The van der Waals surface area contributed by atoms with Gasteiger partial charge in [-0.15, -0.1) is 15.0 Å². The zero-order chi connectivity index (χ0) is 21.6. The van der Waals surface area contributed by atoms with Crippen LogP contribution >= 0.6 is 0 Å². The maximum Gasteiger partial charge on any atom is 0.262 e. The van der Waals surface area contributed by atoms with Crippen molar-refractivity contribution in [2.24, 2.45) is 0 Å². The van der Waals surface area contributed by atoms with Crippen LogP contribution in [-0.4, -0.2) is 39.2 Å². The summed E-state index contributed by atoms with van der Waals surface area (Å²) < 4.78 is 5.82. The molecule has 0 aliphatic rings. The Morgan fingerprint density at radius 3 is 2.32 bits per heavy atom. The summed E-state index contributed by atoms with van der Waals surface area (Å²) in [6.07, 6.45) is 1.45. The molecule has 0 saturated heterocycles. The number of hydrogen-bond acceptors (Lipinski definition) is 5. The normalized spacial score (nSPS) is 10.9. The number of nitrogens with one attached hydrogen (secondary N) is 1. The molecule has 4 aromatic rings. The highest BCUT2D eigenvalue weighted by Gasteiger charge is 2.13. The summed E-state index contributed by atoms with van der Waals surface area (Å²) in [4.78, 5) is 13.9. The fourth-order valence-corrected chi connectivity index (χ4v) is 3.26. The van der Waals surface area contributed by atoms with Crippen LogP contribution in [-0.2, 0) is 17.6 Å². The van der Waals surface area contributed by atoms with E-state index in [-0.39, 0.29) is 19.1 Å². The molecule has 0 spiro atoms. The smallest absolute Gasteiger partial charge is 0.262 e. The number of ether oxygens (including phenoxy) is 1. The van der Waals surface area contributed by atoms with Gasteiger partial charge in [-0.05, 0) is 60.4 Å². The molecule has 0 saturated carbocycles. The Hall–Kier alpha value is -3.71. The number of amides is 1. The van der Waals surface area contributed by atoms with Crippen molar-refractivity contribution in [3.63, 3.8) is 0 Å². The minimum atomic E-state index is -0.256. The van der Waals surface area contributed by atoms with E-state index < -0.39 is 0 Å². The molecule has 1 heterocycles. The van der Waals surface area contributed by atoms with Gasteiger partial charge in [0.05, 0.1) is 0 Å². The molecule has 4 rings (SSSR count). The molecule has 0 bridgehead atoms. The molecular weight excluding hydrogens is 392 g/mol. The molecule has 31 heavy (non-hydrogen) atoms. The molecule has 0 aliphatic heterocycles. The Bertz CT molecular complexity index is 1150. The zero-order valence-electron chi connectivity index (χ0n) is 17.3. The lowest BCUT2D eigenvalue weighted by atomic mass is 10.1. The van der Waals surface area contributed by atoms with Crippen molar-refractivity contribution in [1.29, 1.82) is 0 Å². The first-order valence-corrected chi connectivity index (χ1v) is 10.2. The van der Waals surface area contributed by atoms with E-state index >= 15 is 0 Å². The number of hydrogen-bond donors (Lipinski definition) is 2. The summed E-state index contributed by atoms with van der Waals surface area (Å²) >= 11 is 0. The van der Waals surface area contributed by atoms with E-state index in [0.717, 1.165) is 28.7 Å². The molecule has 0 radical (unpaired) electrons. The fraction of sp³-hybridized carbons (Fsp3) is 0.208. The number of fused-ring (bicyclic) bond motifs is 1. The van der Waals surface area contributed by atoms with Gasteiger partial charge < -0.3 is 15.2 Å². The van der Waals surface area contributed by atoms with E-state index in [0.29, 0.717) is 17.9 Å². The van der Waals surface area contributed by atoms with Gasteiger partial charge in [0.25, 0.3) is 5.91 Å². The number of rotatable bonds is 8. The van der Waals surface area contributed by atoms with Crippen LogP contribution in [0.25, 0.3) is 16.7 Å². The Kier molecular flexibility index (Phi) is 6.24. The van der Waals surface area contributed by atoms with Crippen molar-refractivity contribution in [3.05, 3.63) is 77.9 Å². The molecule has 158 valence electrons. The summed E-state index contributed by atoms with van der Waals surface area (Å²) in [5.41, 5.74) is 4.99. The van der Waals surface area contributed by atoms with Crippen LogP contribution in [0.5, 0.6) is 5.75 Å². The van der Waals surface area contributed by atoms with Gasteiger partial charge >= 0.3 is 0 Å². The second kappa shape index (κ2) is 9.40. The Morgan fingerprint density at radius 1 is 1.00 bits per heavy atom. The van der Waals surface area contributed by atoms with Gasteiger partial charge in [-0.3, -0.25) is 4.79 Å². The number of aryl methyl sites for hydroxylation is 1. The van der Waals surface area contributed by atoms with Crippen LogP contribution in [0, 0.1) is 0 Å². The van der Waals surface area contributed by atoms with Crippen LogP contribution < -0.4 is 10.1 Å². The molecule has 1 aromatic heterocycles. The van der Waals surface area contributed by atoms with Gasteiger partial charge in [0.2, 0.25) is 0 Å². The van der Waals surface area contributed by atoms with E-state index in [2.05, 4.69) is 22.4 Å². The van der Waals surface area contributed by atoms with Gasteiger partial charge in [-0.25, -0.2) is 0 Å². The van der Waals surface area contributed by atoms with Gasteiger partial charge in [0.15, 0.2) is 6.61 Å². The van der Waals surface area contributed by atoms with E-state index in [1.54, 1.807) is 6.07 Å². The number of aliphatic hydroxyl groups is 1. The minimum Gasteiger partial charge on any atom is -0.481 e. The van der Waals surface area contributed by atoms with Crippen LogP contribution in [0.2, 0.25) is 0 Å². The van der Waals surface area contributed by atoms with E-state index in [4.69, 9.17) is 4.74 Å². The first-order chi connectivity index (χ1) is 15.2. The zero-order valence-corrected chi connectivity index (χ0v) is 17.3. The molecule has 0 fully saturated rings. The molecule has 2 N–H and O–H groups in total. The third-order valence-corrected chi connectivity index (χ3v) is 4.93. The molecule has 7 nitrogen and oxygen atoms in total. The lowest BCUT2D eigenvalue weighted by Crippen LogP contribution is -2.20. The first-order valence-electron chi connectivity index (χ1n) is 10.2. The summed E-state index contributed by atoms with van der Waals surface area (Å²) in [5.74, 6) is 0.228. The van der Waals surface area contributed by atoms with Gasteiger partial charge in [0, 0.05) is 12.3 Å². The highest BCUT2D eigenvalue weighted by atomic mass is 16.5. The van der Waals surface area contributed by atoms with Gasteiger partial charge in [-0.2, -0.15) is 0 Å². The van der Waals surface area contributed by atoms with Gasteiger partial charge in [-0.1, -0.05) is 37.3 Å². The van der Waals surface area contributed by atoms with E-state index in [1.807, 2.05) is 60.7 Å². The minimum absolute atomic E-state index is 0.0351. The maximum atomic E-state index is 12.4. The molecular formula is C24H24N4O3. The summed E-state index contributed by atoms with van der Waals surface area (Å²) in [7, 11) is 0. The second-order valence-electron chi connectivity index (χ2n) is 7.14. The van der Waals surface area contributed by atoms with Crippen molar-refractivity contribution in [2.75, 3.05) is 18.5 Å². The lowest BCUT2D eigenvalue weighted by molar-refractivity contribution is -0.118. The largest absolute Gasteiger partial charge is 0.481 e. The summed E-state index contributed by atoms with van der Waals surface area (Å²) in [6.45, 7) is 1.97. The van der Waals surface area contributed by atoms with Crippen molar-refractivity contribution in [1.82, 2.24) is 15.0 Å². The predicted octanol–water partition coefficient (Wildman–Crippen LogP) is 3.54. The Balaban J connectivity index is 1.53. The fourth-order valence-electron chi connectivity index (χ4n) is 3.26. The van der Waals surface area contributed by atoms with Crippen molar-refractivity contribution >= 4 is 22.6 Å². The standard InChI is InChI=1S/C24H24N4O3/c1-2-17-7-10-19(11-8-17)25-24(30)16-31-23-12-9-18(13-14-29)15-22(23)28-26-20-5-3-4-6-21(20)27-28/h3-12,15,29H,2,13-14,16H2,1H3,(H,25,30). The van der Waals surface area contributed by atoms with Crippen molar-refractivity contribution in [3.8, 4) is 11.4 Å². The quantitative estimate of drug-likeness (QED) is 0.459. The Labute approximate surface area is 180 Å².